The minimum atomic E-state index is -0.348. The molecule has 0 atom stereocenters. The van der Waals surface area contributed by atoms with Crippen LogP contribution in [0, 0.1) is 0 Å². The maximum atomic E-state index is 12.5. The van der Waals surface area contributed by atoms with Gasteiger partial charge in [-0.3, -0.25) is 9.59 Å². The van der Waals surface area contributed by atoms with E-state index < -0.39 is 0 Å². The lowest BCUT2D eigenvalue weighted by Gasteiger charge is -2.30. The molecular weight excluding hydrogens is 491 g/mol. The molecule has 0 aliphatic carbocycles. The molecule has 0 fully saturated rings. The van der Waals surface area contributed by atoms with E-state index in [4.69, 9.17) is 37.4 Å². The minimum absolute atomic E-state index is 0.0222. The van der Waals surface area contributed by atoms with Gasteiger partial charge in [0, 0.05) is 17.3 Å². The van der Waals surface area contributed by atoms with Crippen LogP contribution in [0.25, 0.3) is 0 Å². The van der Waals surface area contributed by atoms with E-state index >= 15 is 0 Å². The number of halogens is 2. The molecule has 7 nitrogen and oxygen atoms in total. The molecule has 3 aromatic carbocycles. The van der Waals surface area contributed by atoms with Gasteiger partial charge in [-0.15, -0.1) is 0 Å². The van der Waals surface area contributed by atoms with Crippen molar-refractivity contribution in [3.63, 3.8) is 0 Å². The number of carbonyl (C=O) groups is 2. The van der Waals surface area contributed by atoms with Crippen molar-refractivity contribution in [3.05, 3.63) is 76.8 Å². The Morgan fingerprint density at radius 1 is 1.00 bits per heavy atom. The normalized spacial score (nSPS) is 12.5. The highest BCUT2D eigenvalue weighted by Gasteiger charge is 2.25. The number of hydrogen-bond acceptors (Lipinski definition) is 5. The number of nitrogens with one attached hydrogen (secondary N) is 1. The topological polar surface area (TPSA) is 77.1 Å². The van der Waals surface area contributed by atoms with E-state index in [2.05, 4.69) is 5.32 Å². The zero-order valence-corrected chi connectivity index (χ0v) is 20.3. The number of fused-ring (bicyclic) bond motifs is 1. The molecule has 4 rings (SSSR count). The van der Waals surface area contributed by atoms with Gasteiger partial charge in [-0.05, 0) is 67.4 Å². The van der Waals surface area contributed by atoms with Gasteiger partial charge in [0.1, 0.15) is 17.2 Å². The van der Waals surface area contributed by atoms with Crippen molar-refractivity contribution in [3.8, 4) is 17.2 Å². The van der Waals surface area contributed by atoms with E-state index in [1.807, 2.05) is 12.1 Å². The van der Waals surface area contributed by atoms with Gasteiger partial charge < -0.3 is 24.4 Å². The summed E-state index contributed by atoms with van der Waals surface area (Å²) in [6, 6.07) is 19.3. The summed E-state index contributed by atoms with van der Waals surface area (Å²) >= 11 is 11.9. The molecule has 0 saturated carbocycles. The van der Waals surface area contributed by atoms with E-state index in [1.165, 1.54) is 0 Å². The van der Waals surface area contributed by atoms with Crippen LogP contribution in [0.2, 0.25) is 10.0 Å². The van der Waals surface area contributed by atoms with Crippen LogP contribution in [0.15, 0.2) is 66.7 Å². The summed E-state index contributed by atoms with van der Waals surface area (Å²) in [5.74, 6) is 1.29. The fourth-order valence-corrected chi connectivity index (χ4v) is 3.84. The Labute approximate surface area is 213 Å². The van der Waals surface area contributed by atoms with E-state index in [0.717, 1.165) is 18.6 Å². The molecule has 0 unspecified atom stereocenters. The lowest BCUT2D eigenvalue weighted by Crippen LogP contribution is -2.39. The number of amides is 2. The van der Waals surface area contributed by atoms with Crippen molar-refractivity contribution in [2.24, 2.45) is 0 Å². The predicted octanol–water partition coefficient (Wildman–Crippen LogP) is 5.60. The summed E-state index contributed by atoms with van der Waals surface area (Å²) in [6.07, 6.45) is 1.50. The number of para-hydroxylation sites is 1. The largest absolute Gasteiger partial charge is 0.494 e. The molecule has 9 heteroatoms. The first-order valence-electron chi connectivity index (χ1n) is 11.1. The molecular formula is C26H24Cl2N2O5. The molecule has 182 valence electrons. The highest BCUT2D eigenvalue weighted by atomic mass is 35.5. The van der Waals surface area contributed by atoms with Gasteiger partial charge >= 0.3 is 0 Å². The minimum Gasteiger partial charge on any atom is -0.494 e. The van der Waals surface area contributed by atoms with Crippen LogP contribution in [0.4, 0.5) is 11.4 Å². The third-order valence-electron chi connectivity index (χ3n) is 5.24. The predicted molar refractivity (Wildman–Crippen MR) is 136 cm³/mol. The number of rotatable bonds is 10. The second kappa shape index (κ2) is 11.8. The fraction of sp³-hybridized carbons (Fsp3) is 0.231. The van der Waals surface area contributed by atoms with Crippen molar-refractivity contribution >= 4 is 46.4 Å². The van der Waals surface area contributed by atoms with Crippen LogP contribution < -0.4 is 24.4 Å². The van der Waals surface area contributed by atoms with Gasteiger partial charge in [-0.2, -0.15) is 0 Å². The number of unbranched alkanes of at least 4 members (excludes halogenated alkanes) is 1. The molecule has 1 aliphatic rings. The van der Waals surface area contributed by atoms with Gasteiger partial charge in [0.05, 0.1) is 17.3 Å². The van der Waals surface area contributed by atoms with Crippen molar-refractivity contribution < 1.29 is 23.8 Å². The van der Waals surface area contributed by atoms with Crippen molar-refractivity contribution in [2.75, 3.05) is 36.6 Å². The number of nitrogens with zero attached hydrogens (tertiary/aromatic N) is 1. The molecule has 0 aromatic heterocycles. The maximum absolute atomic E-state index is 12.5. The molecule has 35 heavy (non-hydrogen) atoms. The van der Waals surface area contributed by atoms with Crippen LogP contribution in [0.1, 0.15) is 12.8 Å². The zero-order valence-electron chi connectivity index (χ0n) is 18.8. The number of anilines is 2. The fourth-order valence-electron chi connectivity index (χ4n) is 3.52. The summed E-state index contributed by atoms with van der Waals surface area (Å²) in [7, 11) is 0. The van der Waals surface area contributed by atoms with Crippen molar-refractivity contribution in [1.82, 2.24) is 0 Å². The SMILES string of the molecule is O=C(COc1ccccc1Cl)Nc1ccc2c(c1)N(CCCCOc1ccc(Cl)cc1)C(=O)CO2. The Morgan fingerprint density at radius 2 is 1.80 bits per heavy atom. The van der Waals surface area contributed by atoms with Crippen LogP contribution in [-0.4, -0.2) is 38.2 Å². The Hall–Kier alpha value is -3.42. The number of hydrogen-bond donors (Lipinski definition) is 1. The van der Waals surface area contributed by atoms with Crippen LogP contribution in [0.3, 0.4) is 0 Å². The Morgan fingerprint density at radius 3 is 2.60 bits per heavy atom. The maximum Gasteiger partial charge on any atom is 0.265 e. The van der Waals surface area contributed by atoms with Crippen molar-refractivity contribution in [1.29, 1.82) is 0 Å². The highest BCUT2D eigenvalue weighted by Crippen LogP contribution is 2.35. The lowest BCUT2D eigenvalue weighted by molar-refractivity contribution is -0.121. The smallest absolute Gasteiger partial charge is 0.265 e. The first-order valence-corrected chi connectivity index (χ1v) is 11.9. The molecule has 3 aromatic rings. The third-order valence-corrected chi connectivity index (χ3v) is 5.80. The van der Waals surface area contributed by atoms with Gasteiger partial charge in [-0.25, -0.2) is 0 Å². The molecule has 1 heterocycles. The van der Waals surface area contributed by atoms with Gasteiger partial charge in [0.25, 0.3) is 11.8 Å². The van der Waals surface area contributed by atoms with Crippen molar-refractivity contribution in [2.45, 2.75) is 12.8 Å². The van der Waals surface area contributed by atoms with Crippen LogP contribution in [0.5, 0.6) is 17.2 Å². The molecule has 2 amide bonds. The number of benzene rings is 3. The van der Waals surface area contributed by atoms with E-state index in [1.54, 1.807) is 59.5 Å². The molecule has 0 spiro atoms. The Balaban J connectivity index is 1.31. The number of ether oxygens (including phenoxy) is 3. The Bertz CT molecular complexity index is 1190. The first-order chi connectivity index (χ1) is 17.0. The van der Waals surface area contributed by atoms with E-state index in [-0.39, 0.29) is 25.0 Å². The standard InChI is InChI=1S/C26H24Cl2N2O5/c27-18-7-10-20(11-8-18)33-14-4-3-13-30-22-15-19(9-12-24(22)35-17-26(30)32)29-25(31)16-34-23-6-2-1-5-21(23)28/h1-2,5-12,15H,3-4,13-14,16-17H2,(H,29,31). The molecule has 0 bridgehead atoms. The molecule has 0 radical (unpaired) electrons. The molecule has 0 saturated heterocycles. The second-order valence-electron chi connectivity index (χ2n) is 7.79. The average molecular weight is 515 g/mol. The zero-order chi connectivity index (χ0) is 24.6. The summed E-state index contributed by atoms with van der Waals surface area (Å²) in [5.41, 5.74) is 1.15. The molecule has 1 aliphatic heterocycles. The number of carbonyl (C=O) groups excluding carboxylic acids is 2. The summed E-state index contributed by atoms with van der Waals surface area (Å²) in [4.78, 5) is 26.6. The summed E-state index contributed by atoms with van der Waals surface area (Å²) in [5, 5.41) is 3.87. The lowest BCUT2D eigenvalue weighted by atomic mass is 10.2. The quantitative estimate of drug-likeness (QED) is 0.356. The van der Waals surface area contributed by atoms with Crippen LogP contribution in [-0.2, 0) is 9.59 Å². The third kappa shape index (κ3) is 6.81. The average Bonchev–Trinajstić information content (AvgIpc) is 2.85. The van der Waals surface area contributed by atoms with Gasteiger partial charge in [-0.1, -0.05) is 35.3 Å². The van der Waals surface area contributed by atoms with E-state index in [9.17, 15) is 9.59 Å². The first kappa shape index (κ1) is 24.7. The molecule has 1 N–H and O–H groups in total. The second-order valence-corrected chi connectivity index (χ2v) is 8.64. The van der Waals surface area contributed by atoms with E-state index in [0.29, 0.717) is 46.1 Å². The Kier molecular flexibility index (Phi) is 8.34. The summed E-state index contributed by atoms with van der Waals surface area (Å²) < 4.78 is 16.8. The van der Waals surface area contributed by atoms with Crippen LogP contribution >= 0.6 is 23.2 Å². The van der Waals surface area contributed by atoms with Gasteiger partial charge in [0.15, 0.2) is 13.2 Å². The summed E-state index contributed by atoms with van der Waals surface area (Å²) in [6.45, 7) is 0.806. The monoisotopic (exact) mass is 514 g/mol. The van der Waals surface area contributed by atoms with Gasteiger partial charge in [0.2, 0.25) is 0 Å². The highest BCUT2D eigenvalue weighted by molar-refractivity contribution is 6.32.